The van der Waals surface area contributed by atoms with Crippen LogP contribution in [0.4, 0.5) is 0 Å². The number of hydrogen-bond acceptors (Lipinski definition) is 5. The van der Waals surface area contributed by atoms with Gasteiger partial charge in [0.15, 0.2) is 0 Å². The number of rotatable bonds is 3. The van der Waals surface area contributed by atoms with Gasteiger partial charge >= 0.3 is 0 Å². The SMILES string of the molecule is CCC(C)(N)c1nc(-c2ncc(Cl)cc2Cl)no1. The van der Waals surface area contributed by atoms with E-state index in [1.54, 1.807) is 6.07 Å². The lowest BCUT2D eigenvalue weighted by Crippen LogP contribution is -2.32. The van der Waals surface area contributed by atoms with Crippen molar-refractivity contribution in [1.82, 2.24) is 15.1 Å². The average Bonchev–Trinajstić information content (AvgIpc) is 2.79. The van der Waals surface area contributed by atoms with E-state index in [9.17, 15) is 0 Å². The summed E-state index contributed by atoms with van der Waals surface area (Å²) in [6.07, 6.45) is 2.15. The van der Waals surface area contributed by atoms with Crippen molar-refractivity contribution in [1.29, 1.82) is 0 Å². The number of aromatic nitrogens is 3. The van der Waals surface area contributed by atoms with Crippen molar-refractivity contribution in [3.05, 3.63) is 28.2 Å². The fraction of sp³-hybridized carbons (Fsp3) is 0.364. The third-order valence-corrected chi connectivity index (χ3v) is 3.16. The molecular weight excluding hydrogens is 275 g/mol. The predicted molar refractivity (Wildman–Crippen MR) is 69.4 cm³/mol. The average molecular weight is 287 g/mol. The zero-order chi connectivity index (χ0) is 13.3. The smallest absolute Gasteiger partial charge is 0.246 e. The highest BCUT2D eigenvalue weighted by atomic mass is 35.5. The first-order valence-electron chi connectivity index (χ1n) is 5.38. The van der Waals surface area contributed by atoms with Crippen LogP contribution in [0, 0.1) is 0 Å². The molecule has 2 heterocycles. The fourth-order valence-corrected chi connectivity index (χ4v) is 1.75. The van der Waals surface area contributed by atoms with E-state index in [0.29, 0.717) is 33.9 Å². The summed E-state index contributed by atoms with van der Waals surface area (Å²) in [4.78, 5) is 8.30. The van der Waals surface area contributed by atoms with Gasteiger partial charge in [-0.2, -0.15) is 4.98 Å². The molecule has 0 bridgehead atoms. The Kier molecular flexibility index (Phi) is 3.56. The molecule has 0 radical (unpaired) electrons. The number of halogens is 2. The largest absolute Gasteiger partial charge is 0.337 e. The molecule has 1 unspecified atom stereocenters. The standard InChI is InChI=1S/C11H12Cl2N4O/c1-3-11(2,14)10-16-9(17-18-10)8-7(13)4-6(12)5-15-8/h4-5H,3,14H2,1-2H3. The lowest BCUT2D eigenvalue weighted by Gasteiger charge is -2.16. The van der Waals surface area contributed by atoms with Gasteiger partial charge < -0.3 is 10.3 Å². The van der Waals surface area contributed by atoms with Crippen LogP contribution in [0.25, 0.3) is 11.5 Å². The summed E-state index contributed by atoms with van der Waals surface area (Å²) >= 11 is 11.8. The minimum absolute atomic E-state index is 0.303. The van der Waals surface area contributed by atoms with Gasteiger partial charge in [-0.1, -0.05) is 35.3 Å². The molecule has 0 aliphatic rings. The Hall–Kier alpha value is -1.17. The fourth-order valence-electron chi connectivity index (χ4n) is 1.28. The van der Waals surface area contributed by atoms with E-state index >= 15 is 0 Å². The van der Waals surface area contributed by atoms with Crippen LogP contribution < -0.4 is 5.73 Å². The van der Waals surface area contributed by atoms with Crippen LogP contribution in [0.5, 0.6) is 0 Å². The summed E-state index contributed by atoms with van der Waals surface area (Å²) in [5.74, 6) is 0.657. The highest BCUT2D eigenvalue weighted by molar-refractivity contribution is 6.35. The quantitative estimate of drug-likeness (QED) is 0.938. The van der Waals surface area contributed by atoms with Crippen molar-refractivity contribution in [3.63, 3.8) is 0 Å². The van der Waals surface area contributed by atoms with Crippen LogP contribution >= 0.6 is 23.2 Å². The molecule has 2 N–H and O–H groups in total. The highest BCUT2D eigenvalue weighted by Gasteiger charge is 2.27. The van der Waals surface area contributed by atoms with Gasteiger partial charge in [0, 0.05) is 6.20 Å². The third-order valence-electron chi connectivity index (χ3n) is 2.67. The summed E-state index contributed by atoms with van der Waals surface area (Å²) in [6, 6.07) is 1.57. The number of pyridine rings is 1. The Balaban J connectivity index is 2.41. The monoisotopic (exact) mass is 286 g/mol. The molecule has 0 amide bonds. The third kappa shape index (κ3) is 2.48. The van der Waals surface area contributed by atoms with Crippen LogP contribution in [-0.4, -0.2) is 15.1 Å². The summed E-state index contributed by atoms with van der Waals surface area (Å²) < 4.78 is 5.14. The number of hydrogen-bond donors (Lipinski definition) is 1. The van der Waals surface area contributed by atoms with Gasteiger partial charge in [0.05, 0.1) is 15.6 Å². The maximum absolute atomic E-state index is 6.02. The molecule has 2 aromatic rings. The second-order valence-corrected chi connectivity index (χ2v) is 5.02. The van der Waals surface area contributed by atoms with Crippen LogP contribution in [0.2, 0.25) is 10.0 Å². The summed E-state index contributed by atoms with van der Waals surface area (Å²) in [7, 11) is 0. The Morgan fingerprint density at radius 2 is 2.17 bits per heavy atom. The molecule has 5 nitrogen and oxygen atoms in total. The molecule has 0 spiro atoms. The molecule has 2 aromatic heterocycles. The minimum atomic E-state index is -0.663. The van der Waals surface area contributed by atoms with Crippen molar-refractivity contribution in [3.8, 4) is 11.5 Å². The molecule has 18 heavy (non-hydrogen) atoms. The Labute approximate surface area is 114 Å². The van der Waals surface area contributed by atoms with Crippen LogP contribution in [-0.2, 0) is 5.54 Å². The van der Waals surface area contributed by atoms with Crippen molar-refractivity contribution < 1.29 is 4.52 Å². The zero-order valence-corrected chi connectivity index (χ0v) is 11.5. The lowest BCUT2D eigenvalue weighted by molar-refractivity contribution is 0.291. The van der Waals surface area contributed by atoms with Crippen molar-refractivity contribution in [2.24, 2.45) is 5.73 Å². The Morgan fingerprint density at radius 1 is 1.44 bits per heavy atom. The van der Waals surface area contributed by atoms with E-state index in [1.165, 1.54) is 6.20 Å². The molecule has 0 saturated heterocycles. The second-order valence-electron chi connectivity index (χ2n) is 4.18. The van der Waals surface area contributed by atoms with Crippen molar-refractivity contribution in [2.45, 2.75) is 25.8 Å². The maximum atomic E-state index is 6.02. The van der Waals surface area contributed by atoms with E-state index in [0.717, 1.165) is 0 Å². The number of nitrogens with zero attached hydrogens (tertiary/aromatic N) is 3. The molecule has 0 fully saturated rings. The van der Waals surface area contributed by atoms with Gasteiger partial charge in [0.1, 0.15) is 5.69 Å². The molecule has 0 aromatic carbocycles. The summed E-state index contributed by atoms with van der Waals surface area (Å²) in [5.41, 5.74) is 5.78. The molecular formula is C11H12Cl2N4O. The molecule has 1 atom stereocenters. The van der Waals surface area contributed by atoms with E-state index in [2.05, 4.69) is 15.1 Å². The van der Waals surface area contributed by atoms with Crippen LogP contribution in [0.1, 0.15) is 26.2 Å². The topological polar surface area (TPSA) is 77.8 Å². The van der Waals surface area contributed by atoms with Crippen molar-refractivity contribution in [2.75, 3.05) is 0 Å². The summed E-state index contributed by atoms with van der Waals surface area (Å²) in [5, 5.41) is 4.65. The second kappa shape index (κ2) is 4.84. The van der Waals surface area contributed by atoms with E-state index < -0.39 is 5.54 Å². The Bertz CT molecular complexity index is 568. The number of nitrogens with two attached hydrogens (primary N) is 1. The first kappa shape index (κ1) is 13.3. The first-order valence-corrected chi connectivity index (χ1v) is 6.14. The molecule has 0 aliphatic heterocycles. The van der Waals surface area contributed by atoms with Crippen LogP contribution in [0.3, 0.4) is 0 Å². The van der Waals surface area contributed by atoms with E-state index in [-0.39, 0.29) is 0 Å². The van der Waals surface area contributed by atoms with Gasteiger partial charge in [-0.15, -0.1) is 0 Å². The molecule has 96 valence electrons. The van der Waals surface area contributed by atoms with Gasteiger partial charge in [-0.3, -0.25) is 0 Å². The zero-order valence-electron chi connectivity index (χ0n) is 9.94. The first-order chi connectivity index (χ1) is 8.44. The molecule has 0 aliphatic carbocycles. The lowest BCUT2D eigenvalue weighted by atomic mass is 10.0. The molecule has 2 rings (SSSR count). The normalized spacial score (nSPS) is 14.5. The predicted octanol–water partition coefficient (Wildman–Crippen LogP) is 3.02. The minimum Gasteiger partial charge on any atom is -0.337 e. The Morgan fingerprint density at radius 3 is 2.78 bits per heavy atom. The highest BCUT2D eigenvalue weighted by Crippen LogP contribution is 2.28. The van der Waals surface area contributed by atoms with E-state index in [1.807, 2.05) is 13.8 Å². The molecule has 0 saturated carbocycles. The maximum Gasteiger partial charge on any atom is 0.246 e. The molecule has 7 heteroatoms. The van der Waals surface area contributed by atoms with Gasteiger partial charge in [-0.05, 0) is 19.4 Å². The van der Waals surface area contributed by atoms with E-state index in [4.69, 9.17) is 33.5 Å². The van der Waals surface area contributed by atoms with Gasteiger partial charge in [-0.25, -0.2) is 4.98 Å². The van der Waals surface area contributed by atoms with Crippen molar-refractivity contribution >= 4 is 23.2 Å². The van der Waals surface area contributed by atoms with Gasteiger partial charge in [0.2, 0.25) is 11.7 Å². The van der Waals surface area contributed by atoms with Gasteiger partial charge in [0.25, 0.3) is 0 Å². The summed E-state index contributed by atoms with van der Waals surface area (Å²) in [6.45, 7) is 3.76. The van der Waals surface area contributed by atoms with Crippen LogP contribution in [0.15, 0.2) is 16.8 Å².